The fourth-order valence-electron chi connectivity index (χ4n) is 3.95. The zero-order chi connectivity index (χ0) is 21.1. The summed E-state index contributed by atoms with van der Waals surface area (Å²) < 4.78 is 11.4. The summed E-state index contributed by atoms with van der Waals surface area (Å²) >= 11 is 0. The molecule has 2 aliphatic heterocycles. The van der Waals surface area contributed by atoms with Crippen molar-refractivity contribution in [3.63, 3.8) is 0 Å². The number of hydrogen-bond acceptors (Lipinski definition) is 4. The lowest BCUT2D eigenvalue weighted by Crippen LogP contribution is -2.50. The Hall–Kier alpha value is -2.32. The van der Waals surface area contributed by atoms with E-state index in [-0.39, 0.29) is 36.5 Å². The number of carbonyl (C=O) groups is 2. The van der Waals surface area contributed by atoms with Crippen LogP contribution in [0.2, 0.25) is 0 Å². The van der Waals surface area contributed by atoms with Gasteiger partial charge in [-0.3, -0.25) is 0 Å². The summed E-state index contributed by atoms with van der Waals surface area (Å²) in [6.45, 7) is 11.9. The minimum absolute atomic E-state index is 0.00742. The van der Waals surface area contributed by atoms with E-state index in [0.29, 0.717) is 37.6 Å². The Bertz CT molecular complexity index is 736. The zero-order valence-electron chi connectivity index (χ0n) is 17.9. The van der Waals surface area contributed by atoms with Crippen LogP contribution in [0.5, 0.6) is 0 Å². The van der Waals surface area contributed by atoms with Crippen LogP contribution >= 0.6 is 0 Å². The summed E-state index contributed by atoms with van der Waals surface area (Å²) in [5.41, 5.74) is 2.16. The Labute approximate surface area is 172 Å². The molecular weight excluding hydrogens is 372 g/mol. The number of hydrogen-bond donors (Lipinski definition) is 2. The molecule has 0 aromatic heterocycles. The van der Waals surface area contributed by atoms with Crippen molar-refractivity contribution in [2.75, 3.05) is 36.8 Å². The summed E-state index contributed by atoms with van der Waals surface area (Å²) in [6, 6.07) is 5.21. The summed E-state index contributed by atoms with van der Waals surface area (Å²) in [5.74, 6) is 0. The second kappa shape index (κ2) is 9.00. The number of rotatable bonds is 2. The first-order valence-corrected chi connectivity index (χ1v) is 10.2. The molecule has 0 aliphatic carbocycles. The highest BCUT2D eigenvalue weighted by Gasteiger charge is 2.28. The molecule has 160 valence electrons. The quantitative estimate of drug-likeness (QED) is 0.792. The molecule has 0 unspecified atom stereocenters. The van der Waals surface area contributed by atoms with Gasteiger partial charge in [-0.2, -0.15) is 0 Å². The first kappa shape index (κ1) is 21.4. The van der Waals surface area contributed by atoms with Gasteiger partial charge >= 0.3 is 12.1 Å². The minimum atomic E-state index is -0.194. The third-order valence-corrected chi connectivity index (χ3v) is 5.07. The predicted octanol–water partition coefficient (Wildman–Crippen LogP) is 3.28. The average Bonchev–Trinajstić information content (AvgIpc) is 2.62. The molecule has 4 amide bonds. The van der Waals surface area contributed by atoms with Crippen molar-refractivity contribution < 1.29 is 19.1 Å². The van der Waals surface area contributed by atoms with Gasteiger partial charge in [0.1, 0.15) is 0 Å². The molecule has 1 aromatic rings. The summed E-state index contributed by atoms with van der Waals surface area (Å²) in [4.78, 5) is 29.1. The number of aryl methyl sites for hydroxylation is 1. The van der Waals surface area contributed by atoms with Crippen LogP contribution in [0.4, 0.5) is 21.0 Å². The average molecular weight is 405 g/mol. The van der Waals surface area contributed by atoms with Crippen LogP contribution in [0.25, 0.3) is 0 Å². The molecule has 0 spiro atoms. The third-order valence-electron chi connectivity index (χ3n) is 5.07. The van der Waals surface area contributed by atoms with Gasteiger partial charge in [-0.25, -0.2) is 9.59 Å². The van der Waals surface area contributed by atoms with Gasteiger partial charge in [-0.05, 0) is 52.3 Å². The number of nitrogens with zero attached hydrogens (tertiary/aromatic N) is 2. The van der Waals surface area contributed by atoms with Gasteiger partial charge in [0.2, 0.25) is 0 Å². The normalized spacial score (nSPS) is 27.5. The van der Waals surface area contributed by atoms with Crippen LogP contribution in [0.3, 0.4) is 0 Å². The highest BCUT2D eigenvalue weighted by Crippen LogP contribution is 2.25. The highest BCUT2D eigenvalue weighted by atomic mass is 16.5. The van der Waals surface area contributed by atoms with Crippen molar-refractivity contribution in [2.45, 2.75) is 59.0 Å². The van der Waals surface area contributed by atoms with E-state index in [0.717, 1.165) is 5.56 Å². The molecular formula is C21H32N4O4. The molecule has 1 aromatic carbocycles. The monoisotopic (exact) mass is 404 g/mol. The lowest BCUT2D eigenvalue weighted by molar-refractivity contribution is -0.0531. The number of amides is 4. The standard InChI is InChI=1S/C21H32N4O4/c1-13-6-7-18(22-20(26)24-9-14(2)28-15(3)10-24)19(8-13)23-21(27)25-11-16(4)29-17(5)12-25/h6-8,14-17H,9-12H2,1-5H3,(H,22,26)(H,23,27)/t14-,15+,16-,17+. The van der Waals surface area contributed by atoms with E-state index in [1.165, 1.54) is 0 Å². The van der Waals surface area contributed by atoms with E-state index in [9.17, 15) is 9.59 Å². The van der Waals surface area contributed by atoms with Gasteiger partial charge in [0.05, 0.1) is 35.8 Å². The van der Waals surface area contributed by atoms with Gasteiger partial charge in [-0.1, -0.05) is 6.07 Å². The van der Waals surface area contributed by atoms with E-state index < -0.39 is 0 Å². The van der Waals surface area contributed by atoms with Crippen LogP contribution in [0.15, 0.2) is 18.2 Å². The largest absolute Gasteiger partial charge is 0.372 e. The molecule has 2 heterocycles. The van der Waals surface area contributed by atoms with Crippen molar-refractivity contribution in [3.8, 4) is 0 Å². The van der Waals surface area contributed by atoms with Crippen LogP contribution in [-0.4, -0.2) is 72.5 Å². The van der Waals surface area contributed by atoms with Crippen LogP contribution in [0, 0.1) is 6.92 Å². The number of ether oxygens (including phenoxy) is 2. The highest BCUT2D eigenvalue weighted by molar-refractivity contribution is 5.98. The molecule has 2 fully saturated rings. The van der Waals surface area contributed by atoms with E-state index in [1.807, 2.05) is 52.8 Å². The lowest BCUT2D eigenvalue weighted by Gasteiger charge is -2.36. The van der Waals surface area contributed by atoms with E-state index >= 15 is 0 Å². The molecule has 0 radical (unpaired) electrons. The number of morpholine rings is 2. The molecule has 3 rings (SSSR count). The van der Waals surface area contributed by atoms with Crippen molar-refractivity contribution in [1.29, 1.82) is 0 Å². The fraction of sp³-hybridized carbons (Fsp3) is 0.619. The fourth-order valence-corrected chi connectivity index (χ4v) is 3.95. The Balaban J connectivity index is 1.70. The number of urea groups is 2. The summed E-state index contributed by atoms with van der Waals surface area (Å²) in [5, 5.41) is 5.91. The first-order chi connectivity index (χ1) is 13.7. The van der Waals surface area contributed by atoms with E-state index in [4.69, 9.17) is 9.47 Å². The molecule has 2 N–H and O–H groups in total. The lowest BCUT2D eigenvalue weighted by atomic mass is 10.2. The second-order valence-electron chi connectivity index (χ2n) is 8.23. The second-order valence-corrected chi connectivity index (χ2v) is 8.23. The Morgan fingerprint density at radius 1 is 0.793 bits per heavy atom. The first-order valence-electron chi connectivity index (χ1n) is 10.2. The smallest absolute Gasteiger partial charge is 0.322 e. The van der Waals surface area contributed by atoms with Crippen molar-refractivity contribution >= 4 is 23.4 Å². The molecule has 2 aliphatic rings. The molecule has 0 saturated carbocycles. The molecule has 29 heavy (non-hydrogen) atoms. The number of benzene rings is 1. The third kappa shape index (κ3) is 5.61. The van der Waals surface area contributed by atoms with Gasteiger partial charge in [0.25, 0.3) is 0 Å². The molecule has 0 bridgehead atoms. The Kier molecular flexibility index (Phi) is 6.64. The maximum Gasteiger partial charge on any atom is 0.322 e. The number of nitrogens with one attached hydrogen (secondary N) is 2. The van der Waals surface area contributed by atoms with Crippen molar-refractivity contribution in [3.05, 3.63) is 23.8 Å². The summed E-state index contributed by atoms with van der Waals surface area (Å²) in [7, 11) is 0. The van der Waals surface area contributed by atoms with E-state index in [2.05, 4.69) is 10.6 Å². The van der Waals surface area contributed by atoms with Crippen LogP contribution in [0.1, 0.15) is 33.3 Å². The molecule has 8 heteroatoms. The van der Waals surface area contributed by atoms with Crippen LogP contribution < -0.4 is 10.6 Å². The van der Waals surface area contributed by atoms with Crippen LogP contribution in [-0.2, 0) is 9.47 Å². The number of carbonyl (C=O) groups excluding carboxylic acids is 2. The van der Waals surface area contributed by atoms with E-state index in [1.54, 1.807) is 9.80 Å². The molecule has 4 atom stereocenters. The van der Waals surface area contributed by atoms with Crippen molar-refractivity contribution in [2.24, 2.45) is 0 Å². The number of anilines is 2. The molecule has 2 saturated heterocycles. The topological polar surface area (TPSA) is 83.1 Å². The van der Waals surface area contributed by atoms with Crippen molar-refractivity contribution in [1.82, 2.24) is 9.80 Å². The van der Waals surface area contributed by atoms with Gasteiger partial charge < -0.3 is 29.9 Å². The Morgan fingerprint density at radius 3 is 1.66 bits per heavy atom. The maximum absolute atomic E-state index is 12.8. The van der Waals surface area contributed by atoms with Gasteiger partial charge in [-0.15, -0.1) is 0 Å². The maximum atomic E-state index is 12.8. The Morgan fingerprint density at radius 2 is 1.21 bits per heavy atom. The predicted molar refractivity (Wildman–Crippen MR) is 112 cm³/mol. The molecule has 8 nitrogen and oxygen atoms in total. The van der Waals surface area contributed by atoms with Gasteiger partial charge in [0, 0.05) is 26.2 Å². The summed E-state index contributed by atoms with van der Waals surface area (Å²) in [6.07, 6.45) is -0.0306. The zero-order valence-corrected chi connectivity index (χ0v) is 17.9. The SMILES string of the molecule is Cc1ccc(NC(=O)N2C[C@@H](C)O[C@@H](C)C2)c(NC(=O)N2C[C@@H](C)O[C@@H](C)C2)c1. The minimum Gasteiger partial charge on any atom is -0.372 e. The van der Waals surface area contributed by atoms with Gasteiger partial charge in [0.15, 0.2) is 0 Å².